The first kappa shape index (κ1) is 25.7. The summed E-state index contributed by atoms with van der Waals surface area (Å²) in [6.45, 7) is 9.13. The predicted octanol–water partition coefficient (Wildman–Crippen LogP) is 3.12. The molecule has 3 aliphatic heterocycles. The van der Waals surface area contributed by atoms with Crippen LogP contribution in [0.15, 0.2) is 36.9 Å². The number of nitrogens with zero attached hydrogens (tertiary/aromatic N) is 2. The van der Waals surface area contributed by atoms with E-state index in [0.717, 1.165) is 0 Å². The lowest BCUT2D eigenvalue weighted by Crippen LogP contribution is -2.60. The Morgan fingerprint density at radius 2 is 2.06 bits per heavy atom. The molecule has 8 nitrogen and oxygen atoms in total. The van der Waals surface area contributed by atoms with E-state index in [4.69, 9.17) is 16.3 Å². The average molecular weight is 505 g/mol. The smallest absolute Gasteiger partial charge is 0.310 e. The summed E-state index contributed by atoms with van der Waals surface area (Å²) in [7, 11) is 0. The van der Waals surface area contributed by atoms with E-state index in [1.807, 2.05) is 13.8 Å². The Kier molecular flexibility index (Phi) is 6.76. The maximum Gasteiger partial charge on any atom is 0.310 e. The average Bonchev–Trinajstić information content (AvgIpc) is 3.39. The quantitative estimate of drug-likeness (QED) is 0.500. The summed E-state index contributed by atoms with van der Waals surface area (Å²) in [4.78, 5) is 43.7. The Morgan fingerprint density at radius 3 is 2.63 bits per heavy atom. The van der Waals surface area contributed by atoms with E-state index in [9.17, 15) is 24.6 Å². The van der Waals surface area contributed by atoms with Gasteiger partial charge in [-0.2, -0.15) is 0 Å². The number of likely N-dealkylation sites (tertiary alicyclic amines) is 1. The van der Waals surface area contributed by atoms with E-state index in [1.54, 1.807) is 37.3 Å². The van der Waals surface area contributed by atoms with Crippen LogP contribution < -0.4 is 4.90 Å². The number of aliphatic hydroxyl groups is 1. The molecule has 2 bridgehead atoms. The molecule has 7 atom stereocenters. The van der Waals surface area contributed by atoms with Crippen molar-refractivity contribution in [2.24, 2.45) is 17.8 Å². The molecule has 1 spiro atoms. The highest BCUT2D eigenvalue weighted by atomic mass is 35.5. The van der Waals surface area contributed by atoms with Crippen molar-refractivity contribution < 1.29 is 29.3 Å². The summed E-state index contributed by atoms with van der Waals surface area (Å²) >= 11 is 6.45. The highest BCUT2D eigenvalue weighted by Crippen LogP contribution is 2.63. The minimum atomic E-state index is -1.30. The van der Waals surface area contributed by atoms with E-state index in [2.05, 4.69) is 6.58 Å². The Morgan fingerprint density at radius 1 is 1.37 bits per heavy atom. The zero-order valence-electron chi connectivity index (χ0n) is 20.3. The maximum absolute atomic E-state index is 14.4. The number of carbonyl (C=O) groups excluding carboxylic acids is 2. The molecule has 3 fully saturated rings. The van der Waals surface area contributed by atoms with Crippen LogP contribution in [0.1, 0.15) is 40.0 Å². The molecule has 0 saturated carbocycles. The van der Waals surface area contributed by atoms with Gasteiger partial charge in [0, 0.05) is 6.54 Å². The number of carbonyl (C=O) groups is 3. The number of hydrogen-bond acceptors (Lipinski definition) is 5. The number of fused-ring (bicyclic) bond motifs is 1. The van der Waals surface area contributed by atoms with E-state index >= 15 is 0 Å². The number of aliphatic carboxylic acids is 1. The lowest BCUT2D eigenvalue weighted by molar-refractivity contribution is -0.156. The highest BCUT2D eigenvalue weighted by Gasteiger charge is 2.79. The number of para-hydroxylation sites is 1. The molecule has 2 N–H and O–H groups in total. The third kappa shape index (κ3) is 3.69. The van der Waals surface area contributed by atoms with Gasteiger partial charge in [0.15, 0.2) is 0 Å². The number of hydrogen-bond donors (Lipinski definition) is 2. The zero-order chi connectivity index (χ0) is 25.7. The van der Waals surface area contributed by atoms with Crippen LogP contribution in [0.25, 0.3) is 0 Å². The standard InChI is InChI=1S/C26H33ClN2O6/c1-5-13-28(17-10-8-7-9-16(17)27)23(32)21-26-12-11-25(4,35-26)20(24(33)34)19(26)22(31)29(21)18(14-30)15(3)6-2/h5,7-10,15,18-21,30H,1,6,11-14H2,2-4H3,(H,33,34)/t15-,18-,19-,20+,21?,25-,26?/m0/s1. The first-order chi connectivity index (χ1) is 16.6. The van der Waals surface area contributed by atoms with Crippen molar-refractivity contribution in [2.45, 2.75) is 63.3 Å². The molecule has 4 rings (SSSR count). The molecule has 9 heteroatoms. The number of carboxylic acid groups (broad SMARTS) is 1. The summed E-state index contributed by atoms with van der Waals surface area (Å²) in [5.74, 6) is -4.20. The van der Waals surface area contributed by atoms with Gasteiger partial charge in [-0.25, -0.2) is 0 Å². The largest absolute Gasteiger partial charge is 0.481 e. The van der Waals surface area contributed by atoms with E-state index < -0.39 is 52.9 Å². The summed E-state index contributed by atoms with van der Waals surface area (Å²) in [5.41, 5.74) is -1.88. The predicted molar refractivity (Wildman–Crippen MR) is 131 cm³/mol. The third-order valence-electron chi connectivity index (χ3n) is 8.28. The first-order valence-electron chi connectivity index (χ1n) is 12.1. The van der Waals surface area contributed by atoms with Gasteiger partial charge in [-0.1, -0.05) is 50.1 Å². The second-order valence-corrected chi connectivity index (χ2v) is 10.5. The molecule has 190 valence electrons. The van der Waals surface area contributed by atoms with Crippen LogP contribution in [0.2, 0.25) is 5.02 Å². The molecule has 3 aliphatic rings. The van der Waals surface area contributed by atoms with Gasteiger partial charge < -0.3 is 24.7 Å². The fourth-order valence-electron chi connectivity index (χ4n) is 6.45. The van der Waals surface area contributed by atoms with Crippen LogP contribution in [0.5, 0.6) is 0 Å². The normalized spacial score (nSPS) is 32.9. The summed E-state index contributed by atoms with van der Waals surface area (Å²) < 4.78 is 6.45. The number of carboxylic acids is 1. The molecule has 3 saturated heterocycles. The Hall–Kier alpha value is -2.42. The van der Waals surface area contributed by atoms with Crippen molar-refractivity contribution in [3.05, 3.63) is 41.9 Å². The molecule has 35 heavy (non-hydrogen) atoms. The van der Waals surface area contributed by atoms with Crippen LogP contribution in [0.3, 0.4) is 0 Å². The summed E-state index contributed by atoms with van der Waals surface area (Å²) in [5, 5.41) is 20.8. The number of aliphatic hydroxyl groups excluding tert-OH is 1. The highest BCUT2D eigenvalue weighted by molar-refractivity contribution is 6.34. The van der Waals surface area contributed by atoms with Crippen molar-refractivity contribution in [1.82, 2.24) is 4.90 Å². The minimum Gasteiger partial charge on any atom is -0.481 e. The van der Waals surface area contributed by atoms with Gasteiger partial charge in [0.1, 0.15) is 11.6 Å². The van der Waals surface area contributed by atoms with Gasteiger partial charge >= 0.3 is 5.97 Å². The van der Waals surface area contributed by atoms with Crippen molar-refractivity contribution in [3.8, 4) is 0 Å². The molecule has 0 aromatic heterocycles. The topological polar surface area (TPSA) is 107 Å². The number of anilines is 1. The van der Waals surface area contributed by atoms with Crippen molar-refractivity contribution in [2.75, 3.05) is 18.1 Å². The maximum atomic E-state index is 14.4. The second kappa shape index (κ2) is 9.22. The fraction of sp³-hybridized carbons (Fsp3) is 0.577. The number of ether oxygens (including phenoxy) is 1. The third-order valence-corrected chi connectivity index (χ3v) is 8.60. The molecule has 0 radical (unpaired) electrons. The second-order valence-electron chi connectivity index (χ2n) is 10.1. The fourth-order valence-corrected chi connectivity index (χ4v) is 6.68. The lowest BCUT2D eigenvalue weighted by atomic mass is 9.66. The van der Waals surface area contributed by atoms with Crippen LogP contribution >= 0.6 is 11.6 Å². The summed E-state index contributed by atoms with van der Waals surface area (Å²) in [6, 6.07) is 5.14. The summed E-state index contributed by atoms with van der Waals surface area (Å²) in [6.07, 6.45) is 3.03. The van der Waals surface area contributed by atoms with Crippen molar-refractivity contribution in [1.29, 1.82) is 0 Å². The zero-order valence-corrected chi connectivity index (χ0v) is 21.1. The Bertz CT molecular complexity index is 1050. The van der Waals surface area contributed by atoms with Crippen molar-refractivity contribution >= 4 is 35.1 Å². The SMILES string of the molecule is C=CCN(C(=O)C1N([C@@H](CO)[C@@H](C)CC)C(=O)[C@@H]2[C@H](C(=O)O)[C@]3(C)CCC12O3)c1ccccc1Cl. The van der Waals surface area contributed by atoms with Crippen LogP contribution in [0, 0.1) is 17.8 Å². The number of amides is 2. The molecule has 2 unspecified atom stereocenters. The Balaban J connectivity index is 1.89. The van der Waals surface area contributed by atoms with Crippen LogP contribution in [0.4, 0.5) is 5.69 Å². The monoisotopic (exact) mass is 504 g/mol. The van der Waals surface area contributed by atoms with Gasteiger partial charge in [-0.3, -0.25) is 14.4 Å². The molecule has 3 heterocycles. The number of halogens is 1. The van der Waals surface area contributed by atoms with E-state index in [-0.39, 0.29) is 19.1 Å². The van der Waals surface area contributed by atoms with Gasteiger partial charge in [0.2, 0.25) is 5.91 Å². The number of rotatable bonds is 9. The van der Waals surface area contributed by atoms with E-state index in [0.29, 0.717) is 30.0 Å². The van der Waals surface area contributed by atoms with Crippen LogP contribution in [-0.4, -0.2) is 69.3 Å². The molecule has 2 amide bonds. The molecule has 1 aromatic carbocycles. The molecular formula is C26H33ClN2O6. The molecular weight excluding hydrogens is 472 g/mol. The van der Waals surface area contributed by atoms with Gasteiger partial charge in [-0.05, 0) is 37.8 Å². The van der Waals surface area contributed by atoms with Gasteiger partial charge in [-0.15, -0.1) is 6.58 Å². The molecule has 1 aromatic rings. The van der Waals surface area contributed by atoms with Gasteiger partial charge in [0.25, 0.3) is 5.91 Å². The lowest BCUT2D eigenvalue weighted by Gasteiger charge is -2.41. The molecule has 0 aliphatic carbocycles. The van der Waals surface area contributed by atoms with Gasteiger partial charge in [0.05, 0.1) is 40.8 Å². The van der Waals surface area contributed by atoms with Crippen LogP contribution in [-0.2, 0) is 19.1 Å². The Labute approximate surface area is 210 Å². The minimum absolute atomic E-state index is 0.126. The van der Waals surface area contributed by atoms with E-state index in [1.165, 1.54) is 9.80 Å². The van der Waals surface area contributed by atoms with Crippen molar-refractivity contribution in [3.63, 3.8) is 0 Å². The number of benzene rings is 1. The first-order valence-corrected chi connectivity index (χ1v) is 12.5.